The van der Waals surface area contributed by atoms with Crippen LogP contribution in [0.25, 0.3) is 5.70 Å². The number of hydrogen-bond donors (Lipinski definition) is 1. The smallest absolute Gasteiger partial charge is 0.226 e. The molecule has 31 heavy (non-hydrogen) atoms. The molecule has 0 unspecified atom stereocenters. The number of anilines is 1. The summed E-state index contributed by atoms with van der Waals surface area (Å²) in [4.78, 5) is 8.76. The zero-order chi connectivity index (χ0) is 20.9. The van der Waals surface area contributed by atoms with Crippen LogP contribution in [0.3, 0.4) is 0 Å². The van der Waals surface area contributed by atoms with Crippen LogP contribution in [-0.4, -0.2) is 19.7 Å². The summed E-state index contributed by atoms with van der Waals surface area (Å²) < 4.78 is 8.40. The molecule has 8 heteroatoms. The minimum absolute atomic E-state index is 0.265. The van der Waals surface area contributed by atoms with Crippen LogP contribution in [-0.2, 0) is 0 Å². The quantitative estimate of drug-likeness (QED) is 0.436. The van der Waals surface area contributed by atoms with Crippen molar-refractivity contribution < 1.29 is 4.74 Å². The average Bonchev–Trinajstić information content (AvgIpc) is 3.26. The van der Waals surface area contributed by atoms with Crippen molar-refractivity contribution >= 4 is 34.8 Å². The van der Waals surface area contributed by atoms with E-state index in [9.17, 15) is 0 Å². The Morgan fingerprint density at radius 3 is 2.68 bits per heavy atom. The Kier molecular flexibility index (Phi) is 4.23. The third-order valence-corrected chi connectivity index (χ3v) is 6.00. The van der Waals surface area contributed by atoms with Gasteiger partial charge in [-0.1, -0.05) is 41.4 Å². The molecule has 4 heterocycles. The maximum Gasteiger partial charge on any atom is 0.226 e. The third-order valence-electron chi connectivity index (χ3n) is 5.53. The van der Waals surface area contributed by atoms with E-state index >= 15 is 0 Å². The van der Waals surface area contributed by atoms with Crippen molar-refractivity contribution in [3.05, 3.63) is 106 Å². The van der Waals surface area contributed by atoms with Gasteiger partial charge in [-0.15, -0.1) is 0 Å². The van der Waals surface area contributed by atoms with E-state index < -0.39 is 6.10 Å². The van der Waals surface area contributed by atoms with Crippen LogP contribution in [0, 0.1) is 0 Å². The highest BCUT2D eigenvalue weighted by Crippen LogP contribution is 2.51. The van der Waals surface area contributed by atoms with Gasteiger partial charge in [0.25, 0.3) is 0 Å². The summed E-state index contributed by atoms with van der Waals surface area (Å²) >= 11 is 12.7. The van der Waals surface area contributed by atoms with Crippen LogP contribution in [0.1, 0.15) is 28.8 Å². The van der Waals surface area contributed by atoms with E-state index in [2.05, 4.69) is 20.4 Å². The molecule has 0 saturated heterocycles. The van der Waals surface area contributed by atoms with E-state index in [-0.39, 0.29) is 6.04 Å². The normalized spacial score (nSPS) is 19.0. The molecular formula is C23H15Cl2N5O. The Labute approximate surface area is 188 Å². The van der Waals surface area contributed by atoms with Crippen LogP contribution < -0.4 is 10.1 Å². The minimum atomic E-state index is -0.391. The van der Waals surface area contributed by atoms with E-state index in [1.807, 2.05) is 65.5 Å². The average molecular weight is 448 g/mol. The Balaban J connectivity index is 1.65. The largest absolute Gasteiger partial charge is 0.480 e. The lowest BCUT2D eigenvalue weighted by atomic mass is 9.85. The van der Waals surface area contributed by atoms with Gasteiger partial charge in [-0.2, -0.15) is 10.1 Å². The number of ether oxygens (including phenoxy) is 1. The molecule has 2 aliphatic rings. The standard InChI is InChI=1S/C23H15Cl2N5O/c24-15-5-1-3-13(9-15)22-19-20(17-10-16(25)6-7-18(17)31-22)29-23-27-12-28-30(23)21(19)14-4-2-8-26-11-14/h1-12,21-22H,(H,27,28,29)/t21-,22-/m0/s1. The highest BCUT2D eigenvalue weighted by molar-refractivity contribution is 6.31. The van der Waals surface area contributed by atoms with Crippen molar-refractivity contribution in [1.29, 1.82) is 0 Å². The zero-order valence-electron chi connectivity index (χ0n) is 16.0. The molecule has 2 atom stereocenters. The van der Waals surface area contributed by atoms with Gasteiger partial charge in [-0.3, -0.25) is 4.98 Å². The first-order chi connectivity index (χ1) is 15.2. The first-order valence-corrected chi connectivity index (χ1v) is 10.5. The van der Waals surface area contributed by atoms with Crippen LogP contribution in [0.2, 0.25) is 10.0 Å². The molecule has 0 amide bonds. The van der Waals surface area contributed by atoms with Crippen molar-refractivity contribution in [2.24, 2.45) is 0 Å². The van der Waals surface area contributed by atoms with Crippen molar-refractivity contribution in [1.82, 2.24) is 19.7 Å². The Morgan fingerprint density at radius 2 is 1.84 bits per heavy atom. The topological polar surface area (TPSA) is 64.9 Å². The van der Waals surface area contributed by atoms with Gasteiger partial charge in [0.2, 0.25) is 5.95 Å². The number of fused-ring (bicyclic) bond motifs is 3. The molecule has 2 aliphatic heterocycles. The molecule has 0 radical (unpaired) electrons. The number of rotatable bonds is 2. The summed E-state index contributed by atoms with van der Waals surface area (Å²) in [6.07, 6.45) is 4.74. The number of hydrogen-bond acceptors (Lipinski definition) is 5. The summed E-state index contributed by atoms with van der Waals surface area (Å²) in [5.41, 5.74) is 4.69. The first kappa shape index (κ1) is 18.4. The molecule has 2 aromatic heterocycles. The van der Waals surface area contributed by atoms with Gasteiger partial charge in [0, 0.05) is 33.6 Å². The SMILES string of the molecule is Clc1cccc([C@@H]2Oc3ccc(Cl)cc3C3=C2[C@H](c2cccnc2)n2ncnc2N3)c1. The summed E-state index contributed by atoms with van der Waals surface area (Å²) in [5.74, 6) is 1.38. The molecule has 0 spiro atoms. The fourth-order valence-corrected chi connectivity index (χ4v) is 4.62. The Morgan fingerprint density at radius 1 is 0.968 bits per heavy atom. The number of aromatic nitrogens is 4. The van der Waals surface area contributed by atoms with Crippen molar-refractivity contribution in [2.75, 3.05) is 5.32 Å². The second-order valence-electron chi connectivity index (χ2n) is 7.37. The molecule has 1 N–H and O–H groups in total. The maximum atomic E-state index is 6.54. The number of benzene rings is 2. The van der Waals surface area contributed by atoms with Gasteiger partial charge >= 0.3 is 0 Å². The molecule has 6 rings (SSSR count). The molecular weight excluding hydrogens is 433 g/mol. The lowest BCUT2D eigenvalue weighted by Crippen LogP contribution is -2.32. The summed E-state index contributed by atoms with van der Waals surface area (Å²) in [5, 5.41) is 9.23. The lowest BCUT2D eigenvalue weighted by molar-refractivity contribution is 0.223. The zero-order valence-corrected chi connectivity index (χ0v) is 17.5. The molecule has 2 aromatic carbocycles. The van der Waals surface area contributed by atoms with E-state index in [4.69, 9.17) is 27.9 Å². The van der Waals surface area contributed by atoms with Crippen molar-refractivity contribution in [2.45, 2.75) is 12.1 Å². The molecule has 0 bridgehead atoms. The van der Waals surface area contributed by atoms with Gasteiger partial charge < -0.3 is 10.1 Å². The minimum Gasteiger partial charge on any atom is -0.480 e. The molecule has 4 aromatic rings. The van der Waals surface area contributed by atoms with Gasteiger partial charge in [0.1, 0.15) is 24.2 Å². The monoisotopic (exact) mass is 447 g/mol. The number of halogens is 2. The second kappa shape index (κ2) is 7.11. The Hall–Kier alpha value is -3.35. The van der Waals surface area contributed by atoms with Gasteiger partial charge in [-0.05, 0) is 47.5 Å². The number of nitrogens with one attached hydrogen (secondary N) is 1. The molecule has 0 aliphatic carbocycles. The highest BCUT2D eigenvalue weighted by Gasteiger charge is 2.41. The predicted molar refractivity (Wildman–Crippen MR) is 119 cm³/mol. The molecule has 0 fully saturated rings. The van der Waals surface area contributed by atoms with E-state index in [1.165, 1.54) is 6.33 Å². The van der Waals surface area contributed by atoms with E-state index in [0.29, 0.717) is 16.0 Å². The summed E-state index contributed by atoms with van der Waals surface area (Å²) in [6, 6.07) is 17.0. The summed E-state index contributed by atoms with van der Waals surface area (Å²) in [7, 11) is 0. The number of nitrogens with zero attached hydrogens (tertiary/aromatic N) is 4. The van der Waals surface area contributed by atoms with Gasteiger partial charge in [0.05, 0.1) is 5.70 Å². The van der Waals surface area contributed by atoms with Crippen molar-refractivity contribution in [3.8, 4) is 5.75 Å². The Bertz CT molecular complexity index is 1330. The summed E-state index contributed by atoms with van der Waals surface area (Å²) in [6.45, 7) is 0. The van der Waals surface area contributed by atoms with E-state index in [0.717, 1.165) is 33.7 Å². The molecule has 6 nitrogen and oxygen atoms in total. The van der Waals surface area contributed by atoms with E-state index in [1.54, 1.807) is 6.20 Å². The highest BCUT2D eigenvalue weighted by atomic mass is 35.5. The fraction of sp³-hybridized carbons (Fsp3) is 0.0870. The predicted octanol–water partition coefficient (Wildman–Crippen LogP) is 5.54. The van der Waals surface area contributed by atoms with Gasteiger partial charge in [-0.25, -0.2) is 4.68 Å². The van der Waals surface area contributed by atoms with Crippen LogP contribution in [0.5, 0.6) is 5.75 Å². The van der Waals surface area contributed by atoms with Gasteiger partial charge in [0.15, 0.2) is 0 Å². The van der Waals surface area contributed by atoms with Crippen LogP contribution in [0.15, 0.2) is 78.9 Å². The maximum absolute atomic E-state index is 6.54. The molecule has 0 saturated carbocycles. The van der Waals surface area contributed by atoms with Crippen LogP contribution >= 0.6 is 23.2 Å². The van der Waals surface area contributed by atoms with Crippen molar-refractivity contribution in [3.63, 3.8) is 0 Å². The lowest BCUT2D eigenvalue weighted by Gasteiger charge is -2.38. The first-order valence-electron chi connectivity index (χ1n) is 9.71. The molecule has 152 valence electrons. The second-order valence-corrected chi connectivity index (χ2v) is 8.24. The van der Waals surface area contributed by atoms with Crippen LogP contribution in [0.4, 0.5) is 5.95 Å². The number of pyridine rings is 1. The fourth-order valence-electron chi connectivity index (χ4n) is 4.24. The third kappa shape index (κ3) is 2.99.